The number of hydrogen-bond acceptors (Lipinski definition) is 3. The molecule has 0 saturated heterocycles. The first-order valence-corrected chi connectivity index (χ1v) is 9.06. The Morgan fingerprint density at radius 3 is 2.50 bits per heavy atom. The molecule has 1 aromatic carbocycles. The Morgan fingerprint density at radius 2 is 1.96 bits per heavy atom. The van der Waals surface area contributed by atoms with Gasteiger partial charge in [0.2, 0.25) is 15.9 Å². The van der Waals surface area contributed by atoms with E-state index in [9.17, 15) is 26.4 Å². The summed E-state index contributed by atoms with van der Waals surface area (Å²) in [6, 6.07) is 2.93. The molecule has 24 heavy (non-hydrogen) atoms. The Balaban J connectivity index is 2.79. The van der Waals surface area contributed by atoms with E-state index in [-0.39, 0.29) is 11.4 Å². The number of rotatable bonds is 7. The van der Waals surface area contributed by atoms with Gasteiger partial charge in [-0.2, -0.15) is 17.5 Å². The van der Waals surface area contributed by atoms with E-state index in [0.717, 1.165) is 10.4 Å². The first kappa shape index (κ1) is 20.7. The summed E-state index contributed by atoms with van der Waals surface area (Å²) < 4.78 is 62.9. The zero-order valence-corrected chi connectivity index (χ0v) is 14.7. The van der Waals surface area contributed by atoms with Gasteiger partial charge in [-0.25, -0.2) is 8.42 Å². The maximum atomic E-state index is 12.8. The molecule has 0 radical (unpaired) electrons. The van der Waals surface area contributed by atoms with E-state index in [1.165, 1.54) is 13.1 Å². The van der Waals surface area contributed by atoms with Gasteiger partial charge < -0.3 is 5.32 Å². The Hall–Kier alpha value is -1.32. The van der Waals surface area contributed by atoms with Crippen molar-refractivity contribution >= 4 is 33.2 Å². The van der Waals surface area contributed by atoms with Crippen LogP contribution in [0.25, 0.3) is 0 Å². The molecule has 0 aliphatic rings. The number of carbonyl (C=O) groups excluding carboxylic acids is 1. The highest BCUT2D eigenvalue weighted by Crippen LogP contribution is 2.36. The number of unbranched alkanes of at least 4 members (excludes halogenated alkanes) is 1. The number of nitrogens with one attached hydrogen (secondary N) is 1. The van der Waals surface area contributed by atoms with E-state index in [1.54, 1.807) is 0 Å². The smallest absolute Gasteiger partial charge is 0.325 e. The minimum Gasteiger partial charge on any atom is -0.325 e. The number of alkyl halides is 3. The number of anilines is 1. The van der Waals surface area contributed by atoms with Crippen molar-refractivity contribution in [1.82, 2.24) is 4.31 Å². The van der Waals surface area contributed by atoms with E-state index in [0.29, 0.717) is 18.9 Å². The monoisotopic (exact) mass is 386 g/mol. The summed E-state index contributed by atoms with van der Waals surface area (Å²) in [5, 5.41) is 1.75. The van der Waals surface area contributed by atoms with Crippen molar-refractivity contribution in [3.8, 4) is 0 Å². The van der Waals surface area contributed by atoms with Crippen LogP contribution in [0.2, 0.25) is 5.02 Å². The second-order valence-corrected chi connectivity index (χ2v) is 7.77. The van der Waals surface area contributed by atoms with Crippen LogP contribution < -0.4 is 5.32 Å². The van der Waals surface area contributed by atoms with E-state index in [4.69, 9.17) is 11.6 Å². The number of likely N-dealkylation sites (N-methyl/N-ethyl adjacent to an activating group) is 1. The fourth-order valence-electron chi connectivity index (χ4n) is 1.80. The average molecular weight is 387 g/mol. The van der Waals surface area contributed by atoms with Crippen LogP contribution in [-0.4, -0.2) is 38.0 Å². The minimum atomic E-state index is -4.65. The number of benzene rings is 1. The largest absolute Gasteiger partial charge is 0.417 e. The number of hydrogen-bond donors (Lipinski definition) is 1. The lowest BCUT2D eigenvalue weighted by atomic mass is 10.2. The molecular formula is C14H18ClF3N2O3S. The van der Waals surface area contributed by atoms with Gasteiger partial charge in [0.1, 0.15) is 0 Å². The fraction of sp³-hybridized carbons (Fsp3) is 0.500. The summed E-state index contributed by atoms with van der Waals surface area (Å²) in [7, 11) is -2.33. The molecule has 136 valence electrons. The molecule has 1 amide bonds. The normalized spacial score (nSPS) is 12.5. The summed E-state index contributed by atoms with van der Waals surface area (Å²) in [6.45, 7) is 1.34. The SMILES string of the molecule is CCCCS(=O)(=O)N(C)CC(=O)Nc1ccc(Cl)c(C(F)(F)F)c1. The molecule has 0 fully saturated rings. The van der Waals surface area contributed by atoms with Gasteiger partial charge in [0.25, 0.3) is 0 Å². The van der Waals surface area contributed by atoms with Gasteiger partial charge in [-0.15, -0.1) is 0 Å². The Bertz CT molecular complexity index is 693. The summed E-state index contributed by atoms with van der Waals surface area (Å²) in [5.74, 6) is -0.833. The van der Waals surface area contributed by atoms with Crippen molar-refractivity contribution in [2.75, 3.05) is 24.7 Å². The molecule has 0 saturated carbocycles. The van der Waals surface area contributed by atoms with Crippen molar-refractivity contribution < 1.29 is 26.4 Å². The zero-order valence-electron chi connectivity index (χ0n) is 13.2. The van der Waals surface area contributed by atoms with Crippen molar-refractivity contribution in [2.24, 2.45) is 0 Å². The molecule has 0 atom stereocenters. The van der Waals surface area contributed by atoms with E-state index in [1.807, 2.05) is 6.92 Å². The molecule has 5 nitrogen and oxygen atoms in total. The van der Waals surface area contributed by atoms with Crippen LogP contribution in [-0.2, 0) is 21.0 Å². The number of amides is 1. The summed E-state index contributed by atoms with van der Waals surface area (Å²) in [4.78, 5) is 11.9. The summed E-state index contributed by atoms with van der Waals surface area (Å²) in [6.07, 6.45) is -3.51. The topological polar surface area (TPSA) is 66.5 Å². The van der Waals surface area contributed by atoms with Crippen LogP contribution in [0.4, 0.5) is 18.9 Å². The lowest BCUT2D eigenvalue weighted by Gasteiger charge is -2.17. The number of carbonyl (C=O) groups is 1. The van der Waals surface area contributed by atoms with Crippen LogP contribution in [0.1, 0.15) is 25.3 Å². The fourth-order valence-corrected chi connectivity index (χ4v) is 3.31. The van der Waals surface area contributed by atoms with Crippen LogP contribution in [0, 0.1) is 0 Å². The Morgan fingerprint density at radius 1 is 1.33 bits per heavy atom. The van der Waals surface area contributed by atoms with Gasteiger partial charge in [0.15, 0.2) is 0 Å². The van der Waals surface area contributed by atoms with Crippen molar-refractivity contribution in [2.45, 2.75) is 25.9 Å². The van der Waals surface area contributed by atoms with Crippen LogP contribution in [0.5, 0.6) is 0 Å². The third kappa shape index (κ3) is 5.95. The van der Waals surface area contributed by atoms with Crippen molar-refractivity contribution in [3.63, 3.8) is 0 Å². The van der Waals surface area contributed by atoms with Crippen LogP contribution in [0.15, 0.2) is 18.2 Å². The summed E-state index contributed by atoms with van der Waals surface area (Å²) >= 11 is 5.49. The molecular weight excluding hydrogens is 369 g/mol. The lowest BCUT2D eigenvalue weighted by Crippen LogP contribution is -2.36. The third-order valence-corrected chi connectivity index (χ3v) is 5.37. The highest BCUT2D eigenvalue weighted by molar-refractivity contribution is 7.89. The molecule has 0 unspecified atom stereocenters. The summed E-state index contributed by atoms with van der Waals surface area (Å²) in [5.41, 5.74) is -1.19. The highest BCUT2D eigenvalue weighted by atomic mass is 35.5. The number of halogens is 4. The average Bonchev–Trinajstić information content (AvgIpc) is 2.45. The molecule has 0 spiro atoms. The van der Waals surface area contributed by atoms with Crippen molar-refractivity contribution in [3.05, 3.63) is 28.8 Å². The maximum absolute atomic E-state index is 12.8. The molecule has 0 aromatic heterocycles. The molecule has 0 bridgehead atoms. The maximum Gasteiger partial charge on any atom is 0.417 e. The van der Waals surface area contributed by atoms with Gasteiger partial charge in [-0.3, -0.25) is 4.79 Å². The second kappa shape index (κ2) is 8.17. The molecule has 1 rings (SSSR count). The van der Waals surface area contributed by atoms with Crippen LogP contribution in [0.3, 0.4) is 0 Å². The molecule has 10 heteroatoms. The number of nitrogens with zero attached hydrogens (tertiary/aromatic N) is 1. The second-order valence-electron chi connectivity index (χ2n) is 5.17. The Kier molecular flexibility index (Phi) is 7.06. The van der Waals surface area contributed by atoms with Gasteiger partial charge in [0.05, 0.1) is 22.9 Å². The van der Waals surface area contributed by atoms with Gasteiger partial charge >= 0.3 is 6.18 Å². The van der Waals surface area contributed by atoms with Gasteiger partial charge in [-0.1, -0.05) is 24.9 Å². The lowest BCUT2D eigenvalue weighted by molar-refractivity contribution is -0.137. The predicted octanol–water partition coefficient (Wildman–Crippen LogP) is 3.36. The Labute approximate surface area is 143 Å². The third-order valence-electron chi connectivity index (χ3n) is 3.15. The molecule has 0 heterocycles. The van der Waals surface area contributed by atoms with Gasteiger partial charge in [0, 0.05) is 12.7 Å². The predicted molar refractivity (Wildman–Crippen MR) is 86.4 cm³/mol. The molecule has 1 aromatic rings. The number of sulfonamides is 1. The van der Waals surface area contributed by atoms with E-state index >= 15 is 0 Å². The van der Waals surface area contributed by atoms with E-state index in [2.05, 4.69) is 5.32 Å². The first-order chi connectivity index (χ1) is 11.0. The standard InChI is InChI=1S/C14H18ClF3N2O3S/c1-3-4-7-24(22,23)20(2)9-13(21)19-10-5-6-12(15)11(8-10)14(16,17)18/h5-6,8H,3-4,7,9H2,1-2H3,(H,19,21). The molecule has 0 aliphatic heterocycles. The van der Waals surface area contributed by atoms with Crippen LogP contribution >= 0.6 is 11.6 Å². The minimum absolute atomic E-state index is 0.0908. The molecule has 1 N–H and O–H groups in total. The van der Waals surface area contributed by atoms with E-state index < -0.39 is 39.2 Å². The zero-order chi connectivity index (χ0) is 18.5. The highest BCUT2D eigenvalue weighted by Gasteiger charge is 2.33. The first-order valence-electron chi connectivity index (χ1n) is 7.08. The molecule has 0 aliphatic carbocycles. The quantitative estimate of drug-likeness (QED) is 0.781. The van der Waals surface area contributed by atoms with Gasteiger partial charge in [-0.05, 0) is 24.6 Å². The van der Waals surface area contributed by atoms with Crippen molar-refractivity contribution in [1.29, 1.82) is 0 Å².